The van der Waals surface area contributed by atoms with Crippen molar-refractivity contribution in [2.75, 3.05) is 23.8 Å². The zero-order valence-corrected chi connectivity index (χ0v) is 11.4. The molecular formula is C14H19N3O3. The minimum atomic E-state index is -0.487. The van der Waals surface area contributed by atoms with E-state index in [-0.39, 0.29) is 11.9 Å². The first-order valence-electron chi connectivity index (χ1n) is 6.77. The maximum Gasteiger partial charge on any atom is 0.411 e. The Kier molecular flexibility index (Phi) is 4.95. The Morgan fingerprint density at radius 3 is 2.45 bits per heavy atom. The summed E-state index contributed by atoms with van der Waals surface area (Å²) in [5.41, 5.74) is 1.33. The smallest absolute Gasteiger partial charge is 0.411 e. The normalized spacial score (nSPS) is 17.6. The van der Waals surface area contributed by atoms with Gasteiger partial charge in [-0.2, -0.15) is 0 Å². The van der Waals surface area contributed by atoms with Crippen molar-refractivity contribution in [3.8, 4) is 0 Å². The highest BCUT2D eigenvalue weighted by molar-refractivity contribution is 5.95. The third-order valence-corrected chi connectivity index (χ3v) is 3.05. The van der Waals surface area contributed by atoms with Crippen molar-refractivity contribution in [3.05, 3.63) is 24.3 Å². The van der Waals surface area contributed by atoms with E-state index in [2.05, 4.69) is 16.0 Å². The first kappa shape index (κ1) is 14.3. The number of nitrogens with one attached hydrogen (secondary N) is 3. The molecule has 1 saturated heterocycles. The molecule has 108 valence electrons. The molecule has 0 radical (unpaired) electrons. The monoisotopic (exact) mass is 277 g/mol. The molecular weight excluding hydrogens is 258 g/mol. The highest BCUT2D eigenvalue weighted by atomic mass is 16.5. The van der Waals surface area contributed by atoms with Crippen LogP contribution in [-0.2, 0) is 9.53 Å². The van der Waals surface area contributed by atoms with Gasteiger partial charge in [-0.1, -0.05) is 0 Å². The quantitative estimate of drug-likeness (QED) is 0.786. The topological polar surface area (TPSA) is 79.5 Å². The lowest BCUT2D eigenvalue weighted by Gasteiger charge is -2.11. The standard InChI is InChI=1S/C14H19N3O3/c1-2-20-14(19)17-11-7-5-10(6-8-11)16-13(18)12-4-3-9-15-12/h5-8,12,15H,2-4,9H2,1H3,(H,16,18)(H,17,19)/t12-/m1/s1. The maximum absolute atomic E-state index is 11.9. The molecule has 1 heterocycles. The second kappa shape index (κ2) is 6.91. The summed E-state index contributed by atoms with van der Waals surface area (Å²) in [5.74, 6) is -0.0198. The van der Waals surface area contributed by atoms with E-state index in [4.69, 9.17) is 4.74 Å². The average Bonchev–Trinajstić information content (AvgIpc) is 2.95. The molecule has 0 aliphatic carbocycles. The van der Waals surface area contributed by atoms with Crippen LogP contribution in [0, 0.1) is 0 Å². The lowest BCUT2D eigenvalue weighted by atomic mass is 10.2. The van der Waals surface area contributed by atoms with Crippen LogP contribution in [0.1, 0.15) is 19.8 Å². The Bertz CT molecular complexity index is 467. The van der Waals surface area contributed by atoms with Gasteiger partial charge in [-0.05, 0) is 50.6 Å². The molecule has 0 aromatic heterocycles. The first-order valence-corrected chi connectivity index (χ1v) is 6.77. The fourth-order valence-electron chi connectivity index (χ4n) is 2.06. The predicted molar refractivity (Wildman–Crippen MR) is 76.7 cm³/mol. The molecule has 0 spiro atoms. The van der Waals surface area contributed by atoms with Gasteiger partial charge in [-0.25, -0.2) is 4.79 Å². The van der Waals surface area contributed by atoms with Crippen LogP contribution in [-0.4, -0.2) is 31.2 Å². The third kappa shape index (κ3) is 3.96. The van der Waals surface area contributed by atoms with E-state index in [0.29, 0.717) is 18.0 Å². The molecule has 6 nitrogen and oxygen atoms in total. The number of anilines is 2. The van der Waals surface area contributed by atoms with Gasteiger partial charge in [0.1, 0.15) is 0 Å². The summed E-state index contributed by atoms with van der Waals surface area (Å²) in [4.78, 5) is 23.1. The van der Waals surface area contributed by atoms with Crippen LogP contribution in [0.4, 0.5) is 16.2 Å². The molecule has 20 heavy (non-hydrogen) atoms. The van der Waals surface area contributed by atoms with Crippen LogP contribution in [0.15, 0.2) is 24.3 Å². The highest BCUT2D eigenvalue weighted by Gasteiger charge is 2.21. The van der Waals surface area contributed by atoms with E-state index in [1.807, 2.05) is 0 Å². The maximum atomic E-state index is 11.9. The largest absolute Gasteiger partial charge is 0.450 e. The van der Waals surface area contributed by atoms with Gasteiger partial charge in [0.05, 0.1) is 12.6 Å². The van der Waals surface area contributed by atoms with Gasteiger partial charge in [0.2, 0.25) is 5.91 Å². The van der Waals surface area contributed by atoms with Crippen molar-refractivity contribution in [1.82, 2.24) is 5.32 Å². The summed E-state index contributed by atoms with van der Waals surface area (Å²) >= 11 is 0. The Morgan fingerprint density at radius 2 is 1.90 bits per heavy atom. The molecule has 2 rings (SSSR count). The lowest BCUT2D eigenvalue weighted by Crippen LogP contribution is -2.35. The number of rotatable bonds is 4. The van der Waals surface area contributed by atoms with E-state index >= 15 is 0 Å². The molecule has 1 fully saturated rings. The van der Waals surface area contributed by atoms with Crippen LogP contribution < -0.4 is 16.0 Å². The number of benzene rings is 1. The Labute approximate surface area is 117 Å². The molecule has 0 saturated carbocycles. The zero-order chi connectivity index (χ0) is 14.4. The van der Waals surface area contributed by atoms with Gasteiger partial charge >= 0.3 is 6.09 Å². The summed E-state index contributed by atoms with van der Waals surface area (Å²) in [7, 11) is 0. The summed E-state index contributed by atoms with van der Waals surface area (Å²) in [6.07, 6.45) is 1.41. The van der Waals surface area contributed by atoms with Crippen LogP contribution in [0.3, 0.4) is 0 Å². The number of carbonyl (C=O) groups excluding carboxylic acids is 2. The molecule has 0 unspecified atom stereocenters. The minimum absolute atomic E-state index is 0.0198. The van der Waals surface area contributed by atoms with Crippen molar-refractivity contribution in [3.63, 3.8) is 0 Å². The van der Waals surface area contributed by atoms with Crippen molar-refractivity contribution >= 4 is 23.4 Å². The average molecular weight is 277 g/mol. The molecule has 1 atom stereocenters. The van der Waals surface area contributed by atoms with Gasteiger partial charge in [0, 0.05) is 11.4 Å². The van der Waals surface area contributed by atoms with E-state index in [1.54, 1.807) is 31.2 Å². The van der Waals surface area contributed by atoms with Gasteiger partial charge in [-0.3, -0.25) is 10.1 Å². The van der Waals surface area contributed by atoms with Crippen LogP contribution in [0.2, 0.25) is 0 Å². The molecule has 3 N–H and O–H groups in total. The van der Waals surface area contributed by atoms with E-state index in [1.165, 1.54) is 0 Å². The molecule has 1 aromatic rings. The van der Waals surface area contributed by atoms with E-state index in [0.717, 1.165) is 19.4 Å². The van der Waals surface area contributed by atoms with E-state index in [9.17, 15) is 9.59 Å². The molecule has 0 bridgehead atoms. The number of ether oxygens (including phenoxy) is 1. The Balaban J connectivity index is 1.87. The van der Waals surface area contributed by atoms with Crippen LogP contribution >= 0.6 is 0 Å². The highest BCUT2D eigenvalue weighted by Crippen LogP contribution is 2.15. The van der Waals surface area contributed by atoms with Gasteiger partial charge < -0.3 is 15.4 Å². The number of carbonyl (C=O) groups is 2. The van der Waals surface area contributed by atoms with Gasteiger partial charge in [-0.15, -0.1) is 0 Å². The second-order valence-electron chi connectivity index (χ2n) is 4.56. The van der Waals surface area contributed by atoms with E-state index < -0.39 is 6.09 Å². The zero-order valence-electron chi connectivity index (χ0n) is 11.4. The molecule has 1 aromatic carbocycles. The lowest BCUT2D eigenvalue weighted by molar-refractivity contribution is -0.117. The fraction of sp³-hybridized carbons (Fsp3) is 0.429. The molecule has 2 amide bonds. The van der Waals surface area contributed by atoms with Gasteiger partial charge in [0.15, 0.2) is 0 Å². The number of amides is 2. The Hall–Kier alpha value is -2.08. The minimum Gasteiger partial charge on any atom is -0.450 e. The van der Waals surface area contributed by atoms with Crippen LogP contribution in [0.5, 0.6) is 0 Å². The van der Waals surface area contributed by atoms with Gasteiger partial charge in [0.25, 0.3) is 0 Å². The summed E-state index contributed by atoms with van der Waals surface area (Å²) in [5, 5.41) is 8.58. The number of hydrogen-bond donors (Lipinski definition) is 3. The fourth-order valence-corrected chi connectivity index (χ4v) is 2.06. The molecule has 1 aliphatic heterocycles. The van der Waals surface area contributed by atoms with Crippen molar-refractivity contribution in [2.24, 2.45) is 0 Å². The molecule has 1 aliphatic rings. The number of hydrogen-bond acceptors (Lipinski definition) is 4. The Morgan fingerprint density at radius 1 is 1.25 bits per heavy atom. The van der Waals surface area contributed by atoms with Crippen molar-refractivity contribution < 1.29 is 14.3 Å². The SMILES string of the molecule is CCOC(=O)Nc1ccc(NC(=O)[C@H]2CCCN2)cc1. The first-order chi connectivity index (χ1) is 9.69. The molecule has 6 heteroatoms. The predicted octanol–water partition coefficient (Wildman–Crippen LogP) is 1.95. The summed E-state index contributed by atoms with van der Waals surface area (Å²) in [6, 6.07) is 6.82. The van der Waals surface area contributed by atoms with Crippen molar-refractivity contribution in [2.45, 2.75) is 25.8 Å². The summed E-state index contributed by atoms with van der Waals surface area (Å²) in [6.45, 7) is 2.96. The van der Waals surface area contributed by atoms with Crippen molar-refractivity contribution in [1.29, 1.82) is 0 Å². The summed E-state index contributed by atoms with van der Waals surface area (Å²) < 4.78 is 4.78. The second-order valence-corrected chi connectivity index (χ2v) is 4.56. The third-order valence-electron chi connectivity index (χ3n) is 3.05. The van der Waals surface area contributed by atoms with Crippen LogP contribution in [0.25, 0.3) is 0 Å².